The first-order valence-electron chi connectivity index (χ1n) is 6.06. The van der Waals surface area contributed by atoms with Crippen LogP contribution < -0.4 is 4.90 Å². The predicted molar refractivity (Wildman–Crippen MR) is 73.7 cm³/mol. The molecule has 2 heterocycles. The summed E-state index contributed by atoms with van der Waals surface area (Å²) < 4.78 is 1.73. The summed E-state index contributed by atoms with van der Waals surface area (Å²) in [5.41, 5.74) is 0.800. The van der Waals surface area contributed by atoms with E-state index in [-0.39, 0.29) is 0 Å². The van der Waals surface area contributed by atoms with Gasteiger partial charge in [0.1, 0.15) is 11.6 Å². The molecule has 0 N–H and O–H groups in total. The second kappa shape index (κ2) is 5.48. The normalized spacial score (nSPS) is 10.4. The highest BCUT2D eigenvalue weighted by molar-refractivity contribution is 5.87. The van der Waals surface area contributed by atoms with Gasteiger partial charge in [-0.05, 0) is 6.92 Å². The number of nitriles is 1. The molecular weight excluding hydrogens is 240 g/mol. The number of aromatic nitrogens is 4. The van der Waals surface area contributed by atoms with Crippen LogP contribution in [0.1, 0.15) is 12.2 Å². The van der Waals surface area contributed by atoms with Gasteiger partial charge in [-0.1, -0.05) is 6.08 Å². The fraction of sp³-hybridized carbons (Fsp3) is 0.385. The van der Waals surface area contributed by atoms with Gasteiger partial charge in [-0.25, -0.2) is 9.97 Å². The van der Waals surface area contributed by atoms with Crippen LogP contribution in [0.15, 0.2) is 18.9 Å². The van der Waals surface area contributed by atoms with Gasteiger partial charge in [0, 0.05) is 20.1 Å². The first-order valence-corrected chi connectivity index (χ1v) is 6.06. The molecule has 0 fully saturated rings. The zero-order valence-electron chi connectivity index (χ0n) is 11.2. The highest BCUT2D eigenvalue weighted by Gasteiger charge is 2.15. The molecule has 0 amide bonds. The van der Waals surface area contributed by atoms with Crippen molar-refractivity contribution in [1.82, 2.24) is 19.7 Å². The minimum atomic E-state index is 0.443. The van der Waals surface area contributed by atoms with Gasteiger partial charge in [0.25, 0.3) is 0 Å². The van der Waals surface area contributed by atoms with Crippen molar-refractivity contribution in [2.75, 3.05) is 18.0 Å². The maximum absolute atomic E-state index is 8.75. The molecule has 0 aromatic carbocycles. The molecule has 0 unspecified atom stereocenters. The van der Waals surface area contributed by atoms with Crippen molar-refractivity contribution in [3.63, 3.8) is 0 Å². The quantitative estimate of drug-likeness (QED) is 0.759. The number of anilines is 1. The average Bonchev–Trinajstić information content (AvgIpc) is 2.76. The predicted octanol–water partition coefficient (Wildman–Crippen LogP) is 1.58. The molecule has 0 aliphatic carbocycles. The Hall–Kier alpha value is -2.42. The Labute approximate surface area is 112 Å². The van der Waals surface area contributed by atoms with E-state index in [1.165, 1.54) is 0 Å². The minimum Gasteiger partial charge on any atom is -0.351 e. The molecular formula is C13H16N6. The Morgan fingerprint density at radius 1 is 1.53 bits per heavy atom. The molecule has 0 saturated carbocycles. The van der Waals surface area contributed by atoms with Crippen molar-refractivity contribution in [2.45, 2.75) is 13.3 Å². The molecule has 0 aliphatic rings. The van der Waals surface area contributed by atoms with Crippen LogP contribution in [-0.2, 0) is 7.05 Å². The van der Waals surface area contributed by atoms with Crippen LogP contribution in [0.25, 0.3) is 11.0 Å². The summed E-state index contributed by atoms with van der Waals surface area (Å²) in [4.78, 5) is 10.9. The first-order chi connectivity index (χ1) is 9.17. The van der Waals surface area contributed by atoms with Crippen molar-refractivity contribution >= 4 is 16.9 Å². The third kappa shape index (κ3) is 2.55. The van der Waals surface area contributed by atoms with Crippen LogP contribution in [0.4, 0.5) is 5.82 Å². The van der Waals surface area contributed by atoms with E-state index in [4.69, 9.17) is 5.26 Å². The lowest BCUT2D eigenvalue weighted by atomic mass is 10.3. The van der Waals surface area contributed by atoms with Gasteiger partial charge in [0.05, 0.1) is 24.1 Å². The number of rotatable bonds is 5. The molecule has 6 nitrogen and oxygen atoms in total. The number of fused-ring (bicyclic) bond motifs is 1. The highest BCUT2D eigenvalue weighted by atomic mass is 15.3. The standard InChI is InChI=1S/C13H16N6/c1-4-7-19(8-5-6-14)13-11-9-15-18(3)12(11)16-10(2)17-13/h4,9H,1,5,7-8H2,2-3H3. The van der Waals surface area contributed by atoms with Crippen molar-refractivity contribution in [1.29, 1.82) is 5.26 Å². The molecule has 2 rings (SSSR count). The number of nitrogens with zero attached hydrogens (tertiary/aromatic N) is 6. The Morgan fingerprint density at radius 3 is 3.00 bits per heavy atom. The topological polar surface area (TPSA) is 70.6 Å². The lowest BCUT2D eigenvalue weighted by Crippen LogP contribution is -2.25. The Kier molecular flexibility index (Phi) is 3.76. The van der Waals surface area contributed by atoms with Gasteiger partial charge < -0.3 is 4.90 Å². The highest BCUT2D eigenvalue weighted by Crippen LogP contribution is 2.23. The van der Waals surface area contributed by atoms with E-state index in [1.807, 2.05) is 18.9 Å². The largest absolute Gasteiger partial charge is 0.351 e. The van der Waals surface area contributed by atoms with E-state index in [0.717, 1.165) is 16.9 Å². The van der Waals surface area contributed by atoms with E-state index < -0.39 is 0 Å². The van der Waals surface area contributed by atoms with Crippen molar-refractivity contribution in [3.8, 4) is 6.07 Å². The van der Waals surface area contributed by atoms with Gasteiger partial charge in [0.15, 0.2) is 5.65 Å². The average molecular weight is 256 g/mol. The Balaban J connectivity index is 2.51. The maximum Gasteiger partial charge on any atom is 0.163 e. The molecule has 0 bridgehead atoms. The zero-order valence-corrected chi connectivity index (χ0v) is 11.2. The summed E-state index contributed by atoms with van der Waals surface area (Å²) in [6.45, 7) is 6.86. The monoisotopic (exact) mass is 256 g/mol. The second-order valence-electron chi connectivity index (χ2n) is 4.24. The minimum absolute atomic E-state index is 0.443. The second-order valence-corrected chi connectivity index (χ2v) is 4.24. The van der Waals surface area contributed by atoms with Crippen molar-refractivity contribution < 1.29 is 0 Å². The first kappa shape index (κ1) is 13.0. The molecule has 19 heavy (non-hydrogen) atoms. The fourth-order valence-corrected chi connectivity index (χ4v) is 1.98. The number of hydrogen-bond acceptors (Lipinski definition) is 5. The van der Waals surface area contributed by atoms with Crippen molar-refractivity contribution in [2.24, 2.45) is 7.05 Å². The molecule has 98 valence electrons. The van der Waals surface area contributed by atoms with E-state index in [1.54, 1.807) is 17.0 Å². The summed E-state index contributed by atoms with van der Waals surface area (Å²) >= 11 is 0. The maximum atomic E-state index is 8.75. The van der Waals surface area contributed by atoms with Crippen LogP contribution >= 0.6 is 0 Å². The van der Waals surface area contributed by atoms with E-state index in [2.05, 4.69) is 27.7 Å². The Bertz CT molecular complexity index is 636. The van der Waals surface area contributed by atoms with Gasteiger partial charge in [-0.15, -0.1) is 6.58 Å². The summed E-state index contributed by atoms with van der Waals surface area (Å²) in [6.07, 6.45) is 4.00. The third-order valence-electron chi connectivity index (χ3n) is 2.83. The Morgan fingerprint density at radius 2 is 2.32 bits per heavy atom. The molecule has 2 aromatic heterocycles. The lowest BCUT2D eigenvalue weighted by Gasteiger charge is -2.21. The SMILES string of the molecule is C=CCN(CCC#N)c1nc(C)nc2c1cnn2C. The van der Waals surface area contributed by atoms with Crippen LogP contribution in [0.5, 0.6) is 0 Å². The lowest BCUT2D eigenvalue weighted by molar-refractivity contribution is 0.781. The van der Waals surface area contributed by atoms with Crippen molar-refractivity contribution in [3.05, 3.63) is 24.7 Å². The summed E-state index contributed by atoms with van der Waals surface area (Å²) in [6, 6.07) is 2.15. The van der Waals surface area contributed by atoms with Gasteiger partial charge in [-0.2, -0.15) is 10.4 Å². The molecule has 2 aromatic rings. The summed E-state index contributed by atoms with van der Waals surface area (Å²) in [5, 5.41) is 13.9. The van der Waals surface area contributed by atoms with Gasteiger partial charge in [-0.3, -0.25) is 4.68 Å². The van der Waals surface area contributed by atoms with Crippen LogP contribution in [-0.4, -0.2) is 32.8 Å². The van der Waals surface area contributed by atoms with E-state index in [0.29, 0.717) is 25.3 Å². The summed E-state index contributed by atoms with van der Waals surface area (Å²) in [7, 11) is 1.85. The molecule has 0 radical (unpaired) electrons. The van der Waals surface area contributed by atoms with Gasteiger partial charge in [0.2, 0.25) is 0 Å². The molecule has 0 aliphatic heterocycles. The molecule has 0 atom stereocenters. The van der Waals surface area contributed by atoms with Crippen LogP contribution in [0, 0.1) is 18.3 Å². The summed E-state index contributed by atoms with van der Waals surface area (Å²) in [5.74, 6) is 1.50. The van der Waals surface area contributed by atoms with Gasteiger partial charge >= 0.3 is 0 Å². The third-order valence-corrected chi connectivity index (χ3v) is 2.83. The number of aryl methyl sites for hydroxylation is 2. The van der Waals surface area contributed by atoms with Crippen LogP contribution in [0.2, 0.25) is 0 Å². The van der Waals surface area contributed by atoms with Crippen LogP contribution in [0.3, 0.4) is 0 Å². The fourth-order valence-electron chi connectivity index (χ4n) is 1.98. The molecule has 6 heteroatoms. The van der Waals surface area contributed by atoms with E-state index in [9.17, 15) is 0 Å². The smallest absolute Gasteiger partial charge is 0.163 e. The zero-order chi connectivity index (χ0) is 13.8. The molecule has 0 spiro atoms. The molecule has 0 saturated heterocycles. The number of hydrogen-bond donors (Lipinski definition) is 0. The van der Waals surface area contributed by atoms with E-state index >= 15 is 0 Å².